The summed E-state index contributed by atoms with van der Waals surface area (Å²) in [7, 11) is 0. The lowest BCUT2D eigenvalue weighted by molar-refractivity contribution is 0.813. The van der Waals surface area contributed by atoms with Gasteiger partial charge in [0.25, 0.3) is 5.56 Å². The molecule has 0 atom stereocenters. The third-order valence-electron chi connectivity index (χ3n) is 5.74. The van der Waals surface area contributed by atoms with Crippen LogP contribution >= 0.6 is 35.0 Å². The summed E-state index contributed by atoms with van der Waals surface area (Å²) < 4.78 is 0. The number of hydrogen-bond acceptors (Lipinski definition) is 4. The van der Waals surface area contributed by atoms with Gasteiger partial charge in [0.2, 0.25) is 0 Å². The molecule has 1 N–H and O–H groups in total. The van der Waals surface area contributed by atoms with Gasteiger partial charge in [-0.3, -0.25) is 4.79 Å². The van der Waals surface area contributed by atoms with E-state index >= 15 is 0 Å². The molecule has 0 radical (unpaired) electrons. The van der Waals surface area contributed by atoms with Crippen molar-refractivity contribution in [1.29, 1.82) is 0 Å². The highest BCUT2D eigenvalue weighted by atomic mass is 35.5. The lowest BCUT2D eigenvalue weighted by Crippen LogP contribution is -2.16. The number of pyridine rings is 1. The molecule has 1 aliphatic rings. The Bertz CT molecular complexity index is 1430. The highest BCUT2D eigenvalue weighted by Crippen LogP contribution is 2.40. The number of H-pyrrole nitrogens is 1. The summed E-state index contributed by atoms with van der Waals surface area (Å²) >= 11 is 13.7. The molecule has 0 spiro atoms. The second-order valence-corrected chi connectivity index (χ2v) is 10.0. The summed E-state index contributed by atoms with van der Waals surface area (Å²) in [5, 5.41) is 2.48. The van der Waals surface area contributed by atoms with E-state index in [9.17, 15) is 4.79 Å². The smallest absolute Gasteiger partial charge is 0.261 e. The first kappa shape index (κ1) is 22.2. The Hall–Kier alpha value is -2.60. The molecule has 0 fully saturated rings. The summed E-state index contributed by atoms with van der Waals surface area (Å²) in [5.41, 5.74) is 6.36. The van der Waals surface area contributed by atoms with Crippen LogP contribution in [0.5, 0.6) is 0 Å². The maximum atomic E-state index is 13.2. The van der Waals surface area contributed by atoms with Crippen LogP contribution in [0.15, 0.2) is 58.5 Å². The summed E-state index contributed by atoms with van der Waals surface area (Å²) in [6.07, 6.45) is 4.90. The Kier molecular flexibility index (Phi) is 6.28. The lowest BCUT2D eigenvalue weighted by Gasteiger charge is -2.23. The summed E-state index contributed by atoms with van der Waals surface area (Å²) in [4.78, 5) is 25.8. The number of nitrogens with one attached hydrogen (secondary N) is 1. The number of hydrogen-bond donors (Lipinski definition) is 1. The fraction of sp³-hybridized carbons (Fsp3) is 0.192. The van der Waals surface area contributed by atoms with E-state index in [2.05, 4.69) is 11.1 Å². The number of nitrogens with zero attached hydrogens (tertiary/aromatic N) is 2. The first-order valence-electron chi connectivity index (χ1n) is 10.9. The molecular weight excluding hydrogens is 473 g/mol. The second-order valence-electron chi connectivity index (χ2n) is 7.90. The van der Waals surface area contributed by atoms with Crippen LogP contribution in [0.1, 0.15) is 36.6 Å². The average molecular weight is 494 g/mol. The number of allylic oxidation sites excluding steroid dienone is 1. The van der Waals surface area contributed by atoms with Crippen LogP contribution in [-0.4, -0.2) is 20.7 Å². The van der Waals surface area contributed by atoms with Crippen molar-refractivity contribution in [3.05, 3.63) is 85.8 Å². The molecule has 0 saturated heterocycles. The van der Waals surface area contributed by atoms with E-state index in [1.54, 1.807) is 0 Å². The Morgan fingerprint density at radius 3 is 2.39 bits per heavy atom. The molecule has 0 unspecified atom stereocenters. The van der Waals surface area contributed by atoms with Crippen molar-refractivity contribution in [1.82, 2.24) is 15.0 Å². The van der Waals surface area contributed by atoms with Crippen LogP contribution < -0.4 is 5.56 Å². The van der Waals surface area contributed by atoms with Crippen molar-refractivity contribution in [2.45, 2.75) is 31.3 Å². The normalized spacial score (nSPS) is 14.6. The molecule has 1 aliphatic carbocycles. The number of rotatable bonds is 4. The molecule has 2 aromatic heterocycles. The first-order chi connectivity index (χ1) is 16.0. The van der Waals surface area contributed by atoms with Crippen LogP contribution in [-0.2, 0) is 6.42 Å². The van der Waals surface area contributed by atoms with Crippen molar-refractivity contribution < 1.29 is 0 Å². The van der Waals surface area contributed by atoms with E-state index in [-0.39, 0.29) is 5.56 Å². The Morgan fingerprint density at radius 1 is 1.00 bits per heavy atom. The predicted molar refractivity (Wildman–Crippen MR) is 139 cm³/mol. The minimum atomic E-state index is -0.162. The van der Waals surface area contributed by atoms with E-state index in [4.69, 9.17) is 33.2 Å². The van der Waals surface area contributed by atoms with Gasteiger partial charge >= 0.3 is 0 Å². The highest BCUT2D eigenvalue weighted by Gasteiger charge is 2.25. The zero-order valence-electron chi connectivity index (χ0n) is 18.0. The minimum Gasteiger partial charge on any atom is -0.301 e. The van der Waals surface area contributed by atoms with E-state index in [0.29, 0.717) is 26.2 Å². The molecule has 33 heavy (non-hydrogen) atoms. The highest BCUT2D eigenvalue weighted by molar-refractivity contribution is 7.99. The number of fused-ring (bicyclic) bond motifs is 2. The third kappa shape index (κ3) is 4.45. The van der Waals surface area contributed by atoms with Gasteiger partial charge in [0.1, 0.15) is 0 Å². The number of benzene rings is 2. The van der Waals surface area contributed by atoms with Gasteiger partial charge in [-0.25, -0.2) is 9.97 Å². The molecule has 166 valence electrons. The quantitative estimate of drug-likeness (QED) is 0.239. The molecule has 5 rings (SSSR count). The van der Waals surface area contributed by atoms with Crippen molar-refractivity contribution >= 4 is 57.6 Å². The first-order valence-corrected chi connectivity index (χ1v) is 12.6. The van der Waals surface area contributed by atoms with Crippen LogP contribution in [0, 0.1) is 0 Å². The van der Waals surface area contributed by atoms with Gasteiger partial charge in [-0.05, 0) is 77.6 Å². The van der Waals surface area contributed by atoms with E-state index in [0.717, 1.165) is 58.5 Å². The van der Waals surface area contributed by atoms with Crippen molar-refractivity contribution in [2.24, 2.45) is 0 Å². The fourth-order valence-electron chi connectivity index (χ4n) is 4.31. The monoisotopic (exact) mass is 493 g/mol. The second kappa shape index (κ2) is 9.34. The molecule has 4 aromatic rings. The average Bonchev–Trinajstić information content (AvgIpc) is 2.80. The van der Waals surface area contributed by atoms with Gasteiger partial charge in [0.15, 0.2) is 10.8 Å². The molecular formula is C26H21Cl2N3OS. The van der Waals surface area contributed by atoms with Crippen molar-refractivity contribution in [3.8, 4) is 11.1 Å². The number of thioether (sulfide) groups is 1. The van der Waals surface area contributed by atoms with Gasteiger partial charge in [-0.15, -0.1) is 0 Å². The molecule has 0 saturated carbocycles. The van der Waals surface area contributed by atoms with E-state index < -0.39 is 0 Å². The molecule has 4 nitrogen and oxygen atoms in total. The van der Waals surface area contributed by atoms with Gasteiger partial charge in [-0.1, -0.05) is 66.2 Å². The topological polar surface area (TPSA) is 58.6 Å². The third-order valence-corrected chi connectivity index (χ3v) is 7.00. The van der Waals surface area contributed by atoms with Crippen LogP contribution in [0.3, 0.4) is 0 Å². The molecule has 2 heterocycles. The van der Waals surface area contributed by atoms with Crippen molar-refractivity contribution in [2.75, 3.05) is 5.75 Å². The van der Waals surface area contributed by atoms with Gasteiger partial charge in [0, 0.05) is 15.6 Å². The summed E-state index contributed by atoms with van der Waals surface area (Å²) in [5.74, 6) is 0.811. The molecule has 7 heteroatoms. The predicted octanol–water partition coefficient (Wildman–Crippen LogP) is 7.28. The largest absolute Gasteiger partial charge is 0.301 e. The maximum Gasteiger partial charge on any atom is 0.261 e. The summed E-state index contributed by atoms with van der Waals surface area (Å²) in [6, 6.07) is 15.4. The molecule has 0 bridgehead atoms. The standard InChI is InChI=1S/C26H21Cl2N3OS/c1-2-33-26-30-24-22(25(32)31-26)21(16-8-12-19(28)13-9-16)20-5-3-4-17(23(20)29-24)14-15-6-10-18(27)11-7-15/h6-14H,2-5H2,1H3,(H,29,30,31,32)/b17-14-. The number of halogens is 2. The Morgan fingerprint density at radius 2 is 1.70 bits per heavy atom. The lowest BCUT2D eigenvalue weighted by atomic mass is 9.84. The summed E-state index contributed by atoms with van der Waals surface area (Å²) in [6.45, 7) is 2.03. The van der Waals surface area contributed by atoms with Crippen LogP contribution in [0.2, 0.25) is 10.0 Å². The van der Waals surface area contributed by atoms with Crippen LogP contribution in [0.4, 0.5) is 0 Å². The van der Waals surface area contributed by atoms with Gasteiger partial charge in [-0.2, -0.15) is 0 Å². The molecule has 0 aliphatic heterocycles. The van der Waals surface area contributed by atoms with E-state index in [1.807, 2.05) is 55.5 Å². The fourth-order valence-corrected chi connectivity index (χ4v) is 5.16. The Labute approximate surface area is 206 Å². The van der Waals surface area contributed by atoms with E-state index in [1.165, 1.54) is 11.8 Å². The number of aromatic amines is 1. The van der Waals surface area contributed by atoms with Gasteiger partial charge < -0.3 is 4.98 Å². The van der Waals surface area contributed by atoms with Gasteiger partial charge in [0.05, 0.1) is 11.1 Å². The number of aromatic nitrogens is 3. The maximum absolute atomic E-state index is 13.2. The molecule has 2 aromatic carbocycles. The SMILES string of the molecule is CCSc1nc2nc3c(c(-c4ccc(Cl)cc4)c2c(=O)[nH]1)CCC/C3=C/c1ccc(Cl)cc1. The van der Waals surface area contributed by atoms with Crippen LogP contribution in [0.25, 0.3) is 33.8 Å². The minimum absolute atomic E-state index is 0.162. The molecule has 0 amide bonds. The zero-order valence-corrected chi connectivity index (χ0v) is 20.3. The Balaban J connectivity index is 1.81. The zero-order chi connectivity index (χ0) is 22.9. The van der Waals surface area contributed by atoms with Crippen molar-refractivity contribution in [3.63, 3.8) is 0 Å².